The van der Waals surface area contributed by atoms with Gasteiger partial charge in [0.15, 0.2) is 0 Å². The number of carbonyl (C=O) groups is 1. The van der Waals surface area contributed by atoms with E-state index in [0.717, 1.165) is 5.56 Å². The molecule has 7 heteroatoms. The summed E-state index contributed by atoms with van der Waals surface area (Å²) in [6.45, 7) is -0.0238. The number of thiophene rings is 2. The Morgan fingerprint density at radius 1 is 1.35 bits per heavy atom. The predicted octanol–water partition coefficient (Wildman–Crippen LogP) is 2.33. The highest BCUT2D eigenvalue weighted by Gasteiger charge is 2.09. The van der Waals surface area contributed by atoms with Crippen molar-refractivity contribution >= 4 is 38.9 Å². The number of esters is 1. The van der Waals surface area contributed by atoms with Crippen molar-refractivity contribution in [1.29, 1.82) is 0 Å². The second-order valence-corrected chi connectivity index (χ2v) is 5.81. The number of H-pyrrole nitrogens is 1. The van der Waals surface area contributed by atoms with Crippen molar-refractivity contribution in [1.82, 2.24) is 9.97 Å². The zero-order valence-corrected chi connectivity index (χ0v) is 11.9. The summed E-state index contributed by atoms with van der Waals surface area (Å²) in [7, 11) is 0. The first-order valence-electron chi connectivity index (χ1n) is 5.85. The van der Waals surface area contributed by atoms with Crippen LogP contribution in [0.2, 0.25) is 0 Å². The number of fused-ring (bicyclic) bond motifs is 1. The maximum atomic E-state index is 11.7. The number of hydrogen-bond acceptors (Lipinski definition) is 6. The van der Waals surface area contributed by atoms with Crippen molar-refractivity contribution in [2.24, 2.45) is 0 Å². The molecule has 0 aliphatic carbocycles. The minimum atomic E-state index is -0.337. The molecule has 0 spiro atoms. The molecule has 3 aromatic heterocycles. The predicted molar refractivity (Wildman–Crippen MR) is 78.1 cm³/mol. The molecule has 0 aliphatic heterocycles. The van der Waals surface area contributed by atoms with Crippen LogP contribution in [-0.2, 0) is 22.6 Å². The second-order valence-electron chi connectivity index (χ2n) is 4.12. The van der Waals surface area contributed by atoms with E-state index in [0.29, 0.717) is 16.0 Å². The fourth-order valence-electron chi connectivity index (χ4n) is 1.75. The van der Waals surface area contributed by atoms with E-state index in [1.165, 1.54) is 22.7 Å². The van der Waals surface area contributed by atoms with Crippen molar-refractivity contribution in [3.63, 3.8) is 0 Å². The highest BCUT2D eigenvalue weighted by molar-refractivity contribution is 7.17. The highest BCUT2D eigenvalue weighted by Crippen LogP contribution is 2.14. The molecule has 3 rings (SSSR count). The average molecular weight is 306 g/mol. The van der Waals surface area contributed by atoms with Crippen molar-refractivity contribution in [2.75, 3.05) is 0 Å². The van der Waals surface area contributed by atoms with Crippen LogP contribution < -0.4 is 5.56 Å². The number of aromatic amines is 1. The molecule has 0 atom stereocenters. The molecule has 20 heavy (non-hydrogen) atoms. The van der Waals surface area contributed by atoms with Gasteiger partial charge in [-0.15, -0.1) is 11.3 Å². The van der Waals surface area contributed by atoms with E-state index < -0.39 is 0 Å². The minimum absolute atomic E-state index is 0.0238. The van der Waals surface area contributed by atoms with Gasteiger partial charge >= 0.3 is 5.97 Å². The Balaban J connectivity index is 1.67. The third kappa shape index (κ3) is 2.78. The summed E-state index contributed by atoms with van der Waals surface area (Å²) in [4.78, 5) is 30.2. The van der Waals surface area contributed by atoms with Crippen LogP contribution >= 0.6 is 22.7 Å². The first kappa shape index (κ1) is 13.0. The van der Waals surface area contributed by atoms with Crippen LogP contribution in [0.4, 0.5) is 0 Å². The van der Waals surface area contributed by atoms with Crippen LogP contribution in [0.5, 0.6) is 0 Å². The van der Waals surface area contributed by atoms with Gasteiger partial charge in [-0.3, -0.25) is 9.59 Å². The monoisotopic (exact) mass is 306 g/mol. The topological polar surface area (TPSA) is 72.0 Å². The summed E-state index contributed by atoms with van der Waals surface area (Å²) >= 11 is 2.87. The summed E-state index contributed by atoms with van der Waals surface area (Å²) < 4.78 is 5.70. The molecule has 0 saturated heterocycles. The Morgan fingerprint density at radius 2 is 2.25 bits per heavy atom. The fourth-order valence-corrected chi connectivity index (χ4v) is 3.14. The Labute approximate surface area is 121 Å². The largest absolute Gasteiger partial charge is 0.457 e. The second kappa shape index (κ2) is 5.56. The van der Waals surface area contributed by atoms with E-state index >= 15 is 0 Å². The quantitative estimate of drug-likeness (QED) is 0.751. The number of hydrogen-bond donors (Lipinski definition) is 1. The van der Waals surface area contributed by atoms with Gasteiger partial charge in [0.2, 0.25) is 0 Å². The first-order valence-corrected chi connectivity index (χ1v) is 7.68. The lowest BCUT2D eigenvalue weighted by atomic mass is 10.2. The zero-order chi connectivity index (χ0) is 13.9. The van der Waals surface area contributed by atoms with E-state index in [2.05, 4.69) is 9.97 Å². The molecule has 0 amide bonds. The van der Waals surface area contributed by atoms with Crippen LogP contribution in [0.1, 0.15) is 11.4 Å². The summed E-state index contributed by atoms with van der Waals surface area (Å²) in [6, 6.07) is 3.65. The van der Waals surface area contributed by atoms with Crippen molar-refractivity contribution < 1.29 is 9.53 Å². The minimum Gasteiger partial charge on any atom is -0.457 e. The van der Waals surface area contributed by atoms with Gasteiger partial charge in [-0.25, -0.2) is 4.98 Å². The smallest absolute Gasteiger partial charge is 0.310 e. The van der Waals surface area contributed by atoms with Gasteiger partial charge in [0.25, 0.3) is 5.56 Å². The van der Waals surface area contributed by atoms with E-state index in [-0.39, 0.29) is 24.6 Å². The molecule has 0 aliphatic rings. The van der Waals surface area contributed by atoms with Crippen molar-refractivity contribution in [3.05, 3.63) is 50.0 Å². The molecule has 0 aromatic carbocycles. The Morgan fingerprint density at radius 3 is 3.05 bits per heavy atom. The number of ether oxygens (including phenoxy) is 1. The van der Waals surface area contributed by atoms with Gasteiger partial charge in [-0.1, -0.05) is 0 Å². The number of aromatic nitrogens is 2. The molecule has 0 bridgehead atoms. The maximum absolute atomic E-state index is 11.7. The molecule has 102 valence electrons. The van der Waals surface area contributed by atoms with Crippen molar-refractivity contribution in [3.8, 4) is 0 Å². The number of rotatable bonds is 4. The van der Waals surface area contributed by atoms with Crippen LogP contribution in [0.3, 0.4) is 0 Å². The third-order valence-electron chi connectivity index (χ3n) is 2.66. The summed E-state index contributed by atoms with van der Waals surface area (Å²) in [6.07, 6.45) is 0.231. The summed E-state index contributed by atoms with van der Waals surface area (Å²) in [5, 5.41) is 5.62. The first-order chi connectivity index (χ1) is 9.72. The summed E-state index contributed by atoms with van der Waals surface area (Å²) in [5.41, 5.74) is 1.35. The molecule has 3 aromatic rings. The van der Waals surface area contributed by atoms with E-state index in [1.807, 2.05) is 16.8 Å². The number of nitrogens with zero attached hydrogens (tertiary/aromatic N) is 1. The maximum Gasteiger partial charge on any atom is 0.310 e. The SMILES string of the molecule is O=C(Cc1ccsc1)OCc1nc2ccsc2c(=O)[nH]1. The van der Waals surface area contributed by atoms with Crippen LogP contribution in [0.25, 0.3) is 10.2 Å². The fraction of sp³-hybridized carbons (Fsp3) is 0.154. The van der Waals surface area contributed by atoms with E-state index in [1.54, 1.807) is 11.4 Å². The van der Waals surface area contributed by atoms with Crippen LogP contribution in [-0.4, -0.2) is 15.9 Å². The molecule has 0 fully saturated rings. The standard InChI is InChI=1S/C13H10N2O3S2/c16-11(5-8-1-3-19-7-8)18-6-10-14-9-2-4-20-12(9)13(17)15-10/h1-4,7H,5-6H2,(H,14,15,17). The normalized spacial score (nSPS) is 10.8. The average Bonchev–Trinajstić information content (AvgIpc) is 3.07. The van der Waals surface area contributed by atoms with Gasteiger partial charge in [0, 0.05) is 0 Å². The van der Waals surface area contributed by atoms with Gasteiger partial charge in [-0.05, 0) is 33.8 Å². The van der Waals surface area contributed by atoms with Crippen LogP contribution in [0, 0.1) is 0 Å². The van der Waals surface area contributed by atoms with Crippen molar-refractivity contribution in [2.45, 2.75) is 13.0 Å². The molecule has 0 unspecified atom stereocenters. The molecule has 5 nitrogen and oxygen atoms in total. The van der Waals surface area contributed by atoms with Crippen LogP contribution in [0.15, 0.2) is 33.1 Å². The molecular weight excluding hydrogens is 296 g/mol. The molecule has 0 saturated carbocycles. The van der Waals surface area contributed by atoms with E-state index in [4.69, 9.17) is 4.74 Å². The zero-order valence-electron chi connectivity index (χ0n) is 10.3. The number of nitrogens with one attached hydrogen (secondary N) is 1. The van der Waals surface area contributed by atoms with Gasteiger partial charge in [0.1, 0.15) is 17.1 Å². The third-order valence-corrected chi connectivity index (χ3v) is 4.30. The highest BCUT2D eigenvalue weighted by atomic mass is 32.1. The Hall–Kier alpha value is -1.99. The summed E-state index contributed by atoms with van der Waals surface area (Å²) in [5.74, 6) is 0.0241. The molecule has 3 heterocycles. The van der Waals surface area contributed by atoms with E-state index in [9.17, 15) is 9.59 Å². The van der Waals surface area contributed by atoms with Gasteiger partial charge < -0.3 is 9.72 Å². The lowest BCUT2D eigenvalue weighted by molar-refractivity contribution is -0.144. The molecule has 0 radical (unpaired) electrons. The Bertz CT molecular complexity index is 789. The lowest BCUT2D eigenvalue weighted by Crippen LogP contribution is -2.14. The Kier molecular flexibility index (Phi) is 3.62. The molecular formula is C13H10N2O3S2. The number of carbonyl (C=O) groups excluding carboxylic acids is 1. The van der Waals surface area contributed by atoms with Gasteiger partial charge in [0.05, 0.1) is 11.9 Å². The van der Waals surface area contributed by atoms with Gasteiger partial charge in [-0.2, -0.15) is 11.3 Å². The lowest BCUT2D eigenvalue weighted by Gasteiger charge is -2.03. The molecule has 1 N–H and O–H groups in total.